The Kier molecular flexibility index (Phi) is 6.33. The Morgan fingerprint density at radius 3 is 2.48 bits per heavy atom. The van der Waals surface area contributed by atoms with Crippen LogP contribution in [0.2, 0.25) is 0 Å². The van der Waals surface area contributed by atoms with E-state index in [-0.39, 0.29) is 5.54 Å². The molecule has 0 aromatic rings. The lowest BCUT2D eigenvalue weighted by atomic mass is 9.89. The molecular formula is C21H40N2. The normalized spacial score (nSPS) is 33.6. The topological polar surface area (TPSA) is 24.4 Å². The molecule has 2 fully saturated rings. The van der Waals surface area contributed by atoms with Gasteiger partial charge >= 0.3 is 0 Å². The van der Waals surface area contributed by atoms with Crippen molar-refractivity contribution in [2.75, 3.05) is 6.54 Å². The van der Waals surface area contributed by atoms with Crippen molar-refractivity contribution < 1.29 is 0 Å². The molecule has 0 aromatic heterocycles. The van der Waals surface area contributed by atoms with E-state index in [0.29, 0.717) is 11.5 Å². The molecule has 0 spiro atoms. The monoisotopic (exact) mass is 320 g/mol. The first-order valence-electron chi connectivity index (χ1n) is 10.3. The Balaban J connectivity index is 2.12. The third-order valence-electron chi connectivity index (χ3n) is 6.67. The molecule has 0 amide bonds. The maximum absolute atomic E-state index is 5.14. The number of nitrogens with zero attached hydrogens (tertiary/aromatic N) is 1. The zero-order chi connectivity index (χ0) is 17.1. The minimum absolute atomic E-state index is 0.224. The Hall–Kier alpha value is -0.370. The number of piperidine rings is 1. The van der Waals surface area contributed by atoms with E-state index in [1.165, 1.54) is 57.1 Å². The lowest BCUT2D eigenvalue weighted by Crippen LogP contribution is -2.48. The summed E-state index contributed by atoms with van der Waals surface area (Å²) in [6.45, 7) is 15.3. The fourth-order valence-electron chi connectivity index (χ4n) is 5.13. The zero-order valence-corrected chi connectivity index (χ0v) is 16.5. The first kappa shape index (κ1) is 19.0. The number of hydrogen-bond acceptors (Lipinski definition) is 2. The third-order valence-corrected chi connectivity index (χ3v) is 6.67. The van der Waals surface area contributed by atoms with Crippen molar-refractivity contribution in [1.29, 1.82) is 0 Å². The summed E-state index contributed by atoms with van der Waals surface area (Å²) in [4.78, 5) is 5.14. The van der Waals surface area contributed by atoms with Crippen LogP contribution in [0.1, 0.15) is 92.9 Å². The van der Waals surface area contributed by atoms with Crippen molar-refractivity contribution in [2.24, 2.45) is 22.2 Å². The van der Waals surface area contributed by atoms with Crippen LogP contribution in [0.15, 0.2) is 4.99 Å². The molecule has 2 rings (SSSR count). The SMILES string of the molecule is CCCCCN=C(CCC)C12NC(C(C)CCC)CC1C2(C)C. The maximum Gasteiger partial charge on any atom is 0.0656 e. The van der Waals surface area contributed by atoms with Crippen LogP contribution in [0, 0.1) is 17.3 Å². The van der Waals surface area contributed by atoms with Crippen LogP contribution < -0.4 is 5.32 Å². The molecule has 0 aromatic carbocycles. The molecule has 2 heteroatoms. The second-order valence-corrected chi connectivity index (χ2v) is 8.62. The van der Waals surface area contributed by atoms with E-state index in [9.17, 15) is 0 Å². The van der Waals surface area contributed by atoms with Gasteiger partial charge in [0.2, 0.25) is 0 Å². The van der Waals surface area contributed by atoms with Gasteiger partial charge in [-0.1, -0.05) is 67.2 Å². The average molecular weight is 321 g/mol. The summed E-state index contributed by atoms with van der Waals surface area (Å²) in [6.07, 6.45) is 10.2. The van der Waals surface area contributed by atoms with E-state index in [0.717, 1.165) is 18.4 Å². The Morgan fingerprint density at radius 2 is 1.87 bits per heavy atom. The fourth-order valence-corrected chi connectivity index (χ4v) is 5.13. The highest BCUT2D eigenvalue weighted by atomic mass is 15.2. The van der Waals surface area contributed by atoms with E-state index in [4.69, 9.17) is 4.99 Å². The summed E-state index contributed by atoms with van der Waals surface area (Å²) >= 11 is 0. The third kappa shape index (κ3) is 3.38. The molecule has 1 saturated heterocycles. The van der Waals surface area contributed by atoms with Gasteiger partial charge in [0.25, 0.3) is 0 Å². The van der Waals surface area contributed by atoms with Crippen LogP contribution in [0.3, 0.4) is 0 Å². The van der Waals surface area contributed by atoms with E-state index in [2.05, 4.69) is 46.9 Å². The molecule has 23 heavy (non-hydrogen) atoms. The second-order valence-electron chi connectivity index (χ2n) is 8.62. The Bertz CT molecular complexity index is 412. The average Bonchev–Trinajstić information content (AvgIpc) is 2.86. The van der Waals surface area contributed by atoms with Crippen LogP contribution in [0.25, 0.3) is 0 Å². The standard InChI is InChI=1S/C21H40N2/c1-7-10-11-14-22-19(13-9-3)21-18(20(21,5)6)15-17(23-21)16(4)12-8-2/h16-18,23H,7-15H2,1-6H3. The summed E-state index contributed by atoms with van der Waals surface area (Å²) in [5, 5.41) is 4.11. The van der Waals surface area contributed by atoms with Gasteiger partial charge in [0.1, 0.15) is 0 Å². The first-order valence-corrected chi connectivity index (χ1v) is 10.3. The number of hydrogen-bond donors (Lipinski definition) is 1. The molecule has 0 radical (unpaired) electrons. The Morgan fingerprint density at radius 1 is 1.13 bits per heavy atom. The van der Waals surface area contributed by atoms with Crippen LogP contribution in [-0.2, 0) is 0 Å². The molecule has 1 heterocycles. The number of nitrogens with one attached hydrogen (secondary N) is 1. The molecule has 134 valence electrons. The maximum atomic E-state index is 5.14. The van der Waals surface area contributed by atoms with Gasteiger partial charge in [0.15, 0.2) is 0 Å². The molecule has 4 unspecified atom stereocenters. The molecule has 0 bridgehead atoms. The van der Waals surface area contributed by atoms with Crippen LogP contribution in [0.5, 0.6) is 0 Å². The summed E-state index contributed by atoms with van der Waals surface area (Å²) in [5.74, 6) is 1.60. The lowest BCUT2D eigenvalue weighted by Gasteiger charge is -2.30. The predicted octanol–water partition coefficient (Wildman–Crippen LogP) is 5.61. The van der Waals surface area contributed by atoms with Crippen molar-refractivity contribution in [3.63, 3.8) is 0 Å². The minimum Gasteiger partial charge on any atom is -0.303 e. The molecule has 2 nitrogen and oxygen atoms in total. The van der Waals surface area contributed by atoms with Crippen LogP contribution >= 0.6 is 0 Å². The molecule has 1 aliphatic carbocycles. The number of rotatable bonds is 10. The summed E-state index contributed by atoms with van der Waals surface area (Å²) in [7, 11) is 0. The van der Waals surface area contributed by atoms with Gasteiger partial charge in [-0.3, -0.25) is 4.99 Å². The largest absolute Gasteiger partial charge is 0.303 e. The van der Waals surface area contributed by atoms with Gasteiger partial charge in [-0.05, 0) is 42.9 Å². The molecule has 2 aliphatic rings. The summed E-state index contributed by atoms with van der Waals surface area (Å²) in [6, 6.07) is 0.700. The van der Waals surface area contributed by atoms with Crippen LogP contribution in [-0.4, -0.2) is 23.8 Å². The molecular weight excluding hydrogens is 280 g/mol. The minimum atomic E-state index is 0.224. The van der Waals surface area contributed by atoms with Gasteiger partial charge in [-0.15, -0.1) is 0 Å². The predicted molar refractivity (Wildman–Crippen MR) is 102 cm³/mol. The number of aliphatic imine (C=N–C) groups is 1. The van der Waals surface area contributed by atoms with Crippen molar-refractivity contribution in [3.8, 4) is 0 Å². The molecule has 1 aliphatic heterocycles. The van der Waals surface area contributed by atoms with E-state index >= 15 is 0 Å². The van der Waals surface area contributed by atoms with E-state index in [1.54, 1.807) is 0 Å². The smallest absolute Gasteiger partial charge is 0.0656 e. The van der Waals surface area contributed by atoms with E-state index in [1.807, 2.05) is 0 Å². The first-order chi connectivity index (χ1) is 11.0. The van der Waals surface area contributed by atoms with Gasteiger partial charge in [-0.25, -0.2) is 0 Å². The quantitative estimate of drug-likeness (QED) is 0.410. The van der Waals surface area contributed by atoms with E-state index < -0.39 is 0 Å². The fraction of sp³-hybridized carbons (Fsp3) is 0.952. The van der Waals surface area contributed by atoms with Crippen molar-refractivity contribution in [2.45, 2.75) is 104 Å². The van der Waals surface area contributed by atoms with Crippen molar-refractivity contribution in [3.05, 3.63) is 0 Å². The highest BCUT2D eigenvalue weighted by Crippen LogP contribution is 2.68. The van der Waals surface area contributed by atoms with Crippen molar-refractivity contribution in [1.82, 2.24) is 5.32 Å². The highest BCUT2D eigenvalue weighted by molar-refractivity contribution is 5.99. The zero-order valence-electron chi connectivity index (χ0n) is 16.5. The second kappa shape index (κ2) is 7.68. The van der Waals surface area contributed by atoms with Crippen LogP contribution in [0.4, 0.5) is 0 Å². The molecule has 1 saturated carbocycles. The number of fused-ring (bicyclic) bond motifs is 1. The summed E-state index contributed by atoms with van der Waals surface area (Å²) < 4.78 is 0. The van der Waals surface area contributed by atoms with Gasteiger partial charge in [0, 0.05) is 18.3 Å². The number of unbranched alkanes of at least 4 members (excludes halogenated alkanes) is 2. The Labute approximate surface area is 144 Å². The molecule has 1 N–H and O–H groups in total. The summed E-state index contributed by atoms with van der Waals surface area (Å²) in [5.41, 5.74) is 2.12. The van der Waals surface area contributed by atoms with Gasteiger partial charge in [0.05, 0.1) is 5.54 Å². The van der Waals surface area contributed by atoms with Crippen molar-refractivity contribution >= 4 is 5.71 Å². The van der Waals surface area contributed by atoms with Gasteiger partial charge in [-0.2, -0.15) is 0 Å². The molecule has 4 atom stereocenters. The highest BCUT2D eigenvalue weighted by Gasteiger charge is 2.76. The van der Waals surface area contributed by atoms with Gasteiger partial charge < -0.3 is 5.32 Å². The lowest BCUT2D eigenvalue weighted by molar-refractivity contribution is 0.305.